The number of benzene rings is 1. The highest BCUT2D eigenvalue weighted by Gasteiger charge is 2.24. The van der Waals surface area contributed by atoms with E-state index in [1.807, 2.05) is 12.1 Å². The number of anilines is 1. The molecular weight excluding hydrogens is 366 g/mol. The van der Waals surface area contributed by atoms with E-state index in [0.717, 1.165) is 90.1 Å². The van der Waals surface area contributed by atoms with Gasteiger partial charge < -0.3 is 25.0 Å². The number of methoxy groups -OCH3 is 1. The minimum atomic E-state index is 0.573. The van der Waals surface area contributed by atoms with Crippen molar-refractivity contribution in [1.82, 2.24) is 15.5 Å². The SMILES string of the molecule is CCNC(=NCC1CCN(c2ccccc2OC)C1)NCCCN1CCOCC1. The van der Waals surface area contributed by atoms with Crippen molar-refractivity contribution in [2.45, 2.75) is 19.8 Å². The summed E-state index contributed by atoms with van der Waals surface area (Å²) in [5.74, 6) is 2.46. The Morgan fingerprint density at radius 2 is 2.03 bits per heavy atom. The normalized spacial score (nSPS) is 20.7. The number of nitrogens with one attached hydrogen (secondary N) is 2. The minimum Gasteiger partial charge on any atom is -0.495 e. The second kappa shape index (κ2) is 11.9. The van der Waals surface area contributed by atoms with Crippen molar-refractivity contribution < 1.29 is 9.47 Å². The third-order valence-electron chi connectivity index (χ3n) is 5.61. The zero-order valence-corrected chi connectivity index (χ0v) is 18.0. The summed E-state index contributed by atoms with van der Waals surface area (Å²) in [6, 6.07) is 8.27. The number of hydrogen-bond acceptors (Lipinski definition) is 5. The first-order chi connectivity index (χ1) is 14.3. The molecular formula is C22H37N5O2. The molecule has 0 aromatic heterocycles. The summed E-state index contributed by atoms with van der Waals surface area (Å²) in [5, 5.41) is 6.87. The lowest BCUT2D eigenvalue weighted by molar-refractivity contribution is 0.0376. The highest BCUT2D eigenvalue weighted by molar-refractivity contribution is 5.79. The maximum atomic E-state index is 5.52. The molecule has 7 nitrogen and oxygen atoms in total. The summed E-state index contributed by atoms with van der Waals surface area (Å²) in [6.45, 7) is 11.8. The van der Waals surface area contributed by atoms with E-state index in [9.17, 15) is 0 Å². The monoisotopic (exact) mass is 403 g/mol. The van der Waals surface area contributed by atoms with Crippen LogP contribution < -0.4 is 20.3 Å². The van der Waals surface area contributed by atoms with Gasteiger partial charge in [0.05, 0.1) is 26.0 Å². The topological polar surface area (TPSA) is 61.4 Å². The Morgan fingerprint density at radius 3 is 2.83 bits per heavy atom. The average molecular weight is 404 g/mol. The van der Waals surface area contributed by atoms with Gasteiger partial charge in [0, 0.05) is 45.8 Å². The predicted molar refractivity (Wildman–Crippen MR) is 119 cm³/mol. The molecule has 2 heterocycles. The summed E-state index contributed by atoms with van der Waals surface area (Å²) in [6.07, 6.45) is 2.29. The van der Waals surface area contributed by atoms with E-state index in [2.05, 4.69) is 39.5 Å². The van der Waals surface area contributed by atoms with Crippen LogP contribution in [-0.4, -0.2) is 83.5 Å². The number of nitrogens with zero attached hydrogens (tertiary/aromatic N) is 3. The van der Waals surface area contributed by atoms with Crippen LogP contribution in [0.4, 0.5) is 5.69 Å². The van der Waals surface area contributed by atoms with Crippen LogP contribution >= 0.6 is 0 Å². The van der Waals surface area contributed by atoms with Crippen molar-refractivity contribution in [3.05, 3.63) is 24.3 Å². The number of rotatable bonds is 9. The lowest BCUT2D eigenvalue weighted by atomic mass is 10.1. The fraction of sp³-hybridized carbons (Fsp3) is 0.682. The van der Waals surface area contributed by atoms with E-state index in [4.69, 9.17) is 14.5 Å². The largest absolute Gasteiger partial charge is 0.495 e. The number of aliphatic imine (C=N–C) groups is 1. The van der Waals surface area contributed by atoms with Crippen molar-refractivity contribution in [2.75, 3.05) is 77.6 Å². The fourth-order valence-electron chi connectivity index (χ4n) is 3.99. The van der Waals surface area contributed by atoms with Gasteiger partial charge in [0.25, 0.3) is 0 Å². The van der Waals surface area contributed by atoms with Gasteiger partial charge >= 0.3 is 0 Å². The van der Waals surface area contributed by atoms with Gasteiger partial charge in [-0.15, -0.1) is 0 Å². The molecule has 1 aromatic carbocycles. The molecule has 0 radical (unpaired) electrons. The molecule has 0 aliphatic carbocycles. The first kappa shape index (κ1) is 21.7. The Morgan fingerprint density at radius 1 is 1.21 bits per heavy atom. The Hall–Kier alpha value is -1.99. The quantitative estimate of drug-likeness (QED) is 0.373. The number of ether oxygens (including phenoxy) is 2. The molecule has 3 rings (SSSR count). The molecule has 162 valence electrons. The summed E-state index contributed by atoms with van der Waals surface area (Å²) in [7, 11) is 1.74. The van der Waals surface area contributed by atoms with Crippen LogP contribution in [-0.2, 0) is 4.74 Å². The minimum absolute atomic E-state index is 0.573. The highest BCUT2D eigenvalue weighted by atomic mass is 16.5. The van der Waals surface area contributed by atoms with Crippen molar-refractivity contribution in [1.29, 1.82) is 0 Å². The molecule has 2 aliphatic heterocycles. The lowest BCUT2D eigenvalue weighted by Gasteiger charge is -2.26. The first-order valence-corrected chi connectivity index (χ1v) is 11.0. The maximum absolute atomic E-state index is 5.52. The molecule has 0 amide bonds. The van der Waals surface area contributed by atoms with Crippen LogP contribution in [0.15, 0.2) is 29.3 Å². The Labute approximate surface area is 175 Å². The Bertz CT molecular complexity index is 633. The van der Waals surface area contributed by atoms with E-state index in [0.29, 0.717) is 5.92 Å². The third-order valence-corrected chi connectivity index (χ3v) is 5.61. The van der Waals surface area contributed by atoms with Gasteiger partial charge in [-0.2, -0.15) is 0 Å². The van der Waals surface area contributed by atoms with Gasteiger partial charge in [0.15, 0.2) is 5.96 Å². The smallest absolute Gasteiger partial charge is 0.191 e. The zero-order chi connectivity index (χ0) is 20.3. The number of guanidine groups is 1. The molecule has 0 spiro atoms. The second-order valence-electron chi connectivity index (χ2n) is 7.73. The van der Waals surface area contributed by atoms with E-state index in [-0.39, 0.29) is 0 Å². The summed E-state index contributed by atoms with van der Waals surface area (Å²) in [4.78, 5) is 9.74. The van der Waals surface area contributed by atoms with Gasteiger partial charge in [-0.3, -0.25) is 9.89 Å². The van der Waals surface area contributed by atoms with Crippen LogP contribution in [0.2, 0.25) is 0 Å². The van der Waals surface area contributed by atoms with Gasteiger partial charge in [-0.1, -0.05) is 12.1 Å². The fourth-order valence-corrected chi connectivity index (χ4v) is 3.99. The van der Waals surface area contributed by atoms with Gasteiger partial charge in [0.2, 0.25) is 0 Å². The van der Waals surface area contributed by atoms with Gasteiger partial charge in [-0.05, 0) is 44.4 Å². The van der Waals surface area contributed by atoms with Crippen molar-refractivity contribution in [3.8, 4) is 5.75 Å². The average Bonchev–Trinajstić information content (AvgIpc) is 3.24. The summed E-state index contributed by atoms with van der Waals surface area (Å²) >= 11 is 0. The van der Waals surface area contributed by atoms with Crippen LogP contribution in [0.5, 0.6) is 5.75 Å². The molecule has 7 heteroatoms. The van der Waals surface area contributed by atoms with Crippen LogP contribution in [0.3, 0.4) is 0 Å². The summed E-state index contributed by atoms with van der Waals surface area (Å²) < 4.78 is 10.9. The number of hydrogen-bond donors (Lipinski definition) is 2. The van der Waals surface area contributed by atoms with Crippen LogP contribution in [0, 0.1) is 5.92 Å². The molecule has 0 saturated carbocycles. The zero-order valence-electron chi connectivity index (χ0n) is 18.0. The summed E-state index contributed by atoms with van der Waals surface area (Å²) in [5.41, 5.74) is 1.19. The number of morpholine rings is 1. The van der Waals surface area contributed by atoms with Gasteiger partial charge in [0.1, 0.15) is 5.75 Å². The molecule has 0 bridgehead atoms. The van der Waals surface area contributed by atoms with Crippen molar-refractivity contribution in [3.63, 3.8) is 0 Å². The van der Waals surface area contributed by atoms with E-state index < -0.39 is 0 Å². The molecule has 1 aromatic rings. The first-order valence-electron chi connectivity index (χ1n) is 11.0. The molecule has 2 aliphatic rings. The van der Waals surface area contributed by atoms with E-state index in [1.165, 1.54) is 5.69 Å². The standard InChI is InChI=1S/C22H37N5O2/c1-3-23-22(24-10-6-11-26-13-15-29-16-14-26)25-17-19-9-12-27(18-19)20-7-4-5-8-21(20)28-2/h4-5,7-8,19H,3,6,9-18H2,1-2H3,(H2,23,24,25). The second-order valence-corrected chi connectivity index (χ2v) is 7.73. The van der Waals surface area contributed by atoms with Crippen molar-refractivity contribution >= 4 is 11.6 Å². The van der Waals surface area contributed by atoms with Gasteiger partial charge in [-0.25, -0.2) is 0 Å². The Kier molecular flexibility index (Phi) is 8.89. The molecule has 2 saturated heterocycles. The van der Waals surface area contributed by atoms with Crippen molar-refractivity contribution in [2.24, 2.45) is 10.9 Å². The molecule has 2 fully saturated rings. The highest BCUT2D eigenvalue weighted by Crippen LogP contribution is 2.31. The van der Waals surface area contributed by atoms with Crippen LogP contribution in [0.1, 0.15) is 19.8 Å². The predicted octanol–water partition coefficient (Wildman–Crippen LogP) is 1.80. The van der Waals surface area contributed by atoms with Crippen LogP contribution in [0.25, 0.3) is 0 Å². The Balaban J connectivity index is 1.42. The number of para-hydroxylation sites is 2. The molecule has 2 N–H and O–H groups in total. The van der Waals surface area contributed by atoms with E-state index >= 15 is 0 Å². The molecule has 1 unspecified atom stereocenters. The molecule has 1 atom stereocenters. The lowest BCUT2D eigenvalue weighted by Crippen LogP contribution is -2.41. The molecule has 29 heavy (non-hydrogen) atoms. The van der Waals surface area contributed by atoms with E-state index in [1.54, 1.807) is 7.11 Å². The maximum Gasteiger partial charge on any atom is 0.191 e. The third kappa shape index (κ3) is 6.78.